The summed E-state index contributed by atoms with van der Waals surface area (Å²) in [5, 5.41) is 0.192. The lowest BCUT2D eigenvalue weighted by Crippen LogP contribution is -2.38. The maximum Gasteiger partial charge on any atom is 0.142 e. The molecule has 3 N–H and O–H groups in total. The molecule has 0 bridgehead atoms. The highest BCUT2D eigenvalue weighted by Crippen LogP contribution is 2.21. The summed E-state index contributed by atoms with van der Waals surface area (Å²) in [6.45, 7) is 0.918. The minimum atomic E-state index is -0.382. The minimum absolute atomic E-state index is 0.0942. The summed E-state index contributed by atoms with van der Waals surface area (Å²) in [5.74, 6) is 5.11. The Hall–Kier alpha value is -0.680. The van der Waals surface area contributed by atoms with Gasteiger partial charge >= 0.3 is 0 Å². The van der Waals surface area contributed by atoms with Crippen LogP contribution in [0.15, 0.2) is 18.2 Å². The maximum atomic E-state index is 13.3. The molecule has 0 fully saturated rings. The number of nitrogens with two attached hydrogens (primary N) is 1. The van der Waals surface area contributed by atoms with Crippen molar-refractivity contribution in [2.45, 2.75) is 18.9 Å². The van der Waals surface area contributed by atoms with E-state index in [9.17, 15) is 4.39 Å². The van der Waals surface area contributed by atoms with Crippen LogP contribution in [0.5, 0.6) is 0 Å². The molecule has 0 amide bonds. The zero-order valence-corrected chi connectivity index (χ0v) is 11.0. The number of nitrogens with one attached hydrogen (secondary N) is 1. The fourth-order valence-electron chi connectivity index (χ4n) is 1.63. The van der Waals surface area contributed by atoms with Crippen LogP contribution in [0, 0.1) is 5.82 Å². The van der Waals surface area contributed by atoms with E-state index < -0.39 is 0 Å². The molecule has 1 rings (SSSR count). The van der Waals surface area contributed by atoms with Gasteiger partial charge in [0, 0.05) is 6.04 Å². The van der Waals surface area contributed by atoms with Gasteiger partial charge in [-0.15, -0.1) is 0 Å². The molecule has 0 aliphatic heterocycles. The van der Waals surface area contributed by atoms with E-state index in [-0.39, 0.29) is 16.9 Å². The third-order valence-electron chi connectivity index (χ3n) is 2.66. The molecule has 1 unspecified atom stereocenters. The van der Waals surface area contributed by atoms with Gasteiger partial charge < -0.3 is 4.90 Å². The second-order valence-corrected chi connectivity index (χ2v) is 4.75. The Bertz CT molecular complexity index is 358. The van der Waals surface area contributed by atoms with Gasteiger partial charge in [0.2, 0.25) is 0 Å². The van der Waals surface area contributed by atoms with Crippen LogP contribution in [0.3, 0.4) is 0 Å². The minimum Gasteiger partial charge on any atom is -0.309 e. The summed E-state index contributed by atoms with van der Waals surface area (Å²) in [5.41, 5.74) is 3.53. The third kappa shape index (κ3) is 4.60. The van der Waals surface area contributed by atoms with Gasteiger partial charge in [-0.25, -0.2) is 4.39 Å². The fourth-order valence-corrected chi connectivity index (χ4v) is 1.83. The quantitative estimate of drug-likeness (QED) is 0.605. The van der Waals surface area contributed by atoms with E-state index >= 15 is 0 Å². The Balaban J connectivity index is 2.64. The predicted molar refractivity (Wildman–Crippen MR) is 69.4 cm³/mol. The number of nitrogens with zero attached hydrogens (tertiary/aromatic N) is 1. The van der Waals surface area contributed by atoms with Crippen molar-refractivity contribution in [3.63, 3.8) is 0 Å². The molecule has 3 nitrogen and oxygen atoms in total. The molecule has 0 spiro atoms. The van der Waals surface area contributed by atoms with Crippen LogP contribution in [0.4, 0.5) is 4.39 Å². The van der Waals surface area contributed by atoms with Crippen LogP contribution in [-0.4, -0.2) is 31.6 Å². The molecule has 0 aromatic heterocycles. The standard InChI is InChI=1S/C12H19ClFN3/c1-17(2)7-6-10(16-15)8-9-4-3-5-11(14)12(9)13/h3-5,10,16H,6-8,15H2,1-2H3. The number of rotatable bonds is 6. The van der Waals surface area contributed by atoms with Gasteiger partial charge in [-0.2, -0.15) is 0 Å². The molecule has 1 aromatic rings. The van der Waals surface area contributed by atoms with Crippen LogP contribution >= 0.6 is 11.6 Å². The van der Waals surface area contributed by atoms with Crippen LogP contribution in [-0.2, 0) is 6.42 Å². The Kier molecular flexibility index (Phi) is 5.85. The maximum absolute atomic E-state index is 13.3. The van der Waals surface area contributed by atoms with Crippen LogP contribution in [0.25, 0.3) is 0 Å². The predicted octanol–water partition coefficient (Wildman–Crippen LogP) is 1.81. The highest BCUT2D eigenvalue weighted by atomic mass is 35.5. The van der Waals surface area contributed by atoms with E-state index in [1.807, 2.05) is 20.2 Å². The first kappa shape index (κ1) is 14.4. The van der Waals surface area contributed by atoms with E-state index in [0.717, 1.165) is 18.5 Å². The van der Waals surface area contributed by atoms with Crippen molar-refractivity contribution < 1.29 is 4.39 Å². The van der Waals surface area contributed by atoms with Crippen LogP contribution < -0.4 is 11.3 Å². The van der Waals surface area contributed by atoms with Gasteiger partial charge in [0.15, 0.2) is 0 Å². The highest BCUT2D eigenvalue weighted by Gasteiger charge is 2.12. The summed E-state index contributed by atoms with van der Waals surface area (Å²) < 4.78 is 13.3. The monoisotopic (exact) mass is 259 g/mol. The number of hydrazine groups is 1. The lowest BCUT2D eigenvalue weighted by atomic mass is 10.0. The topological polar surface area (TPSA) is 41.3 Å². The van der Waals surface area contributed by atoms with Crippen molar-refractivity contribution in [2.24, 2.45) is 5.84 Å². The van der Waals surface area contributed by atoms with Crippen molar-refractivity contribution >= 4 is 11.6 Å². The molecule has 1 atom stereocenters. The summed E-state index contributed by atoms with van der Waals surface area (Å²) in [6.07, 6.45) is 1.51. The Labute approximate surface area is 107 Å². The molecule has 0 aliphatic rings. The normalized spacial score (nSPS) is 13.1. The number of hydrogen-bond donors (Lipinski definition) is 2. The molecule has 5 heteroatoms. The van der Waals surface area contributed by atoms with E-state index in [1.54, 1.807) is 6.07 Å². The zero-order chi connectivity index (χ0) is 12.8. The van der Waals surface area contributed by atoms with E-state index in [2.05, 4.69) is 10.3 Å². The number of benzene rings is 1. The molecular weight excluding hydrogens is 241 g/mol. The summed E-state index contributed by atoms with van der Waals surface area (Å²) in [6, 6.07) is 4.94. The average molecular weight is 260 g/mol. The van der Waals surface area contributed by atoms with Gasteiger partial charge in [-0.1, -0.05) is 23.7 Å². The van der Waals surface area contributed by atoms with Crippen molar-refractivity contribution in [2.75, 3.05) is 20.6 Å². The van der Waals surface area contributed by atoms with E-state index in [0.29, 0.717) is 6.42 Å². The van der Waals surface area contributed by atoms with Crippen molar-refractivity contribution in [3.05, 3.63) is 34.6 Å². The molecule has 0 aliphatic carbocycles. The Morgan fingerprint density at radius 1 is 1.47 bits per heavy atom. The van der Waals surface area contributed by atoms with Crippen molar-refractivity contribution in [1.29, 1.82) is 0 Å². The lowest BCUT2D eigenvalue weighted by Gasteiger charge is -2.19. The van der Waals surface area contributed by atoms with E-state index in [4.69, 9.17) is 17.4 Å². The molecule has 0 heterocycles. The van der Waals surface area contributed by atoms with Gasteiger partial charge in [0.1, 0.15) is 5.82 Å². The van der Waals surface area contributed by atoms with Crippen LogP contribution in [0.1, 0.15) is 12.0 Å². The van der Waals surface area contributed by atoms with Gasteiger partial charge in [0.05, 0.1) is 5.02 Å². The van der Waals surface area contributed by atoms with Crippen molar-refractivity contribution in [3.8, 4) is 0 Å². The van der Waals surface area contributed by atoms with Gasteiger partial charge in [-0.3, -0.25) is 11.3 Å². The van der Waals surface area contributed by atoms with E-state index in [1.165, 1.54) is 6.07 Å². The first-order valence-corrected chi connectivity index (χ1v) is 5.96. The molecule has 0 radical (unpaired) electrons. The summed E-state index contributed by atoms with van der Waals surface area (Å²) in [7, 11) is 4.01. The van der Waals surface area contributed by atoms with Crippen LogP contribution in [0.2, 0.25) is 5.02 Å². The first-order valence-electron chi connectivity index (χ1n) is 5.58. The second-order valence-electron chi connectivity index (χ2n) is 4.37. The molecule has 0 saturated heterocycles. The largest absolute Gasteiger partial charge is 0.309 e. The summed E-state index contributed by atoms with van der Waals surface area (Å²) in [4.78, 5) is 2.08. The molecule has 1 aromatic carbocycles. The molecular formula is C12H19ClFN3. The highest BCUT2D eigenvalue weighted by molar-refractivity contribution is 6.31. The second kappa shape index (κ2) is 6.91. The first-order chi connectivity index (χ1) is 8.04. The molecule has 96 valence electrons. The Morgan fingerprint density at radius 3 is 2.76 bits per heavy atom. The third-order valence-corrected chi connectivity index (χ3v) is 3.08. The number of hydrogen-bond acceptors (Lipinski definition) is 3. The fraction of sp³-hybridized carbons (Fsp3) is 0.500. The summed E-state index contributed by atoms with van der Waals surface area (Å²) >= 11 is 5.90. The molecule has 17 heavy (non-hydrogen) atoms. The van der Waals surface area contributed by atoms with Crippen molar-refractivity contribution in [1.82, 2.24) is 10.3 Å². The van der Waals surface area contributed by atoms with Gasteiger partial charge in [-0.05, 0) is 45.1 Å². The smallest absolute Gasteiger partial charge is 0.142 e. The lowest BCUT2D eigenvalue weighted by molar-refractivity contribution is 0.358. The SMILES string of the molecule is CN(C)CCC(Cc1cccc(F)c1Cl)NN. The number of halogens is 2. The average Bonchev–Trinajstić information content (AvgIpc) is 2.29. The zero-order valence-electron chi connectivity index (χ0n) is 10.2. The molecule has 0 saturated carbocycles. The Morgan fingerprint density at radius 2 is 2.18 bits per heavy atom. The van der Waals surface area contributed by atoms with Gasteiger partial charge in [0.25, 0.3) is 0 Å².